The molecular formula is C32H29F3N8O5S. The lowest BCUT2D eigenvalue weighted by atomic mass is 10.1. The van der Waals surface area contributed by atoms with Gasteiger partial charge in [-0.15, -0.1) is 0 Å². The number of nitriles is 1. The highest BCUT2D eigenvalue weighted by Gasteiger charge is 2.38. The number of methoxy groups -OCH3 is 1. The van der Waals surface area contributed by atoms with Crippen molar-refractivity contribution in [2.75, 3.05) is 30.8 Å². The maximum atomic E-state index is 12.7. The Morgan fingerprint density at radius 3 is 2.45 bits per heavy atom. The Hall–Kier alpha value is -5.73. The van der Waals surface area contributed by atoms with Crippen LogP contribution < -0.4 is 25.4 Å². The standard InChI is InChI=1S/C30H28N8O3S.C2HF3O2/c1-40-22-8-4-19(5-9-22)18-38-28-26(27(37-38)35-21-3-2-13-32-16-21)25(12-14-33-28)41-23-10-6-20(7-11-23)29(39)36-30-34-17-24(15-31)42-30;3-2(4,5)1(6)7/h4-12,14,17,21,32H,2-3,13,16,18H2,1H3,(H,35,37)(H,34,36,39);(H,6,7)/t21-;/m1./s1. The molecule has 3 aromatic heterocycles. The van der Waals surface area contributed by atoms with E-state index in [0.717, 1.165) is 54.0 Å². The third-order valence-corrected chi connectivity index (χ3v) is 7.96. The summed E-state index contributed by atoms with van der Waals surface area (Å²) in [6.07, 6.45) is 0.186. The van der Waals surface area contributed by atoms with Crippen molar-refractivity contribution in [1.29, 1.82) is 5.26 Å². The molecule has 0 saturated carbocycles. The first-order chi connectivity index (χ1) is 23.5. The van der Waals surface area contributed by atoms with E-state index in [1.54, 1.807) is 37.6 Å². The molecule has 0 spiro atoms. The monoisotopic (exact) mass is 694 g/mol. The van der Waals surface area contributed by atoms with Crippen molar-refractivity contribution in [3.63, 3.8) is 0 Å². The minimum absolute atomic E-state index is 0.235. The van der Waals surface area contributed by atoms with E-state index < -0.39 is 12.1 Å². The molecule has 0 unspecified atom stereocenters. The molecule has 5 aromatic rings. The molecule has 6 rings (SSSR count). The SMILES string of the molecule is COc1ccc(Cn2nc(N[C@@H]3CCCNC3)c3c(Oc4ccc(C(=O)Nc5ncc(C#N)s5)cc4)ccnc32)cc1.O=C(O)C(F)(F)F. The lowest BCUT2D eigenvalue weighted by molar-refractivity contribution is -0.192. The first-order valence-electron chi connectivity index (χ1n) is 14.7. The molecule has 1 aliphatic rings. The molecule has 254 valence electrons. The summed E-state index contributed by atoms with van der Waals surface area (Å²) in [5.74, 6) is -0.396. The number of aliphatic carboxylic acids is 1. The van der Waals surface area contributed by atoms with Gasteiger partial charge in [0.05, 0.1) is 19.9 Å². The zero-order valence-corrected chi connectivity index (χ0v) is 26.6. The molecule has 1 fully saturated rings. The van der Waals surface area contributed by atoms with Gasteiger partial charge in [0.2, 0.25) is 0 Å². The number of amides is 1. The fourth-order valence-electron chi connectivity index (χ4n) is 4.79. The second-order valence-electron chi connectivity index (χ2n) is 10.6. The van der Waals surface area contributed by atoms with Gasteiger partial charge in [-0.05, 0) is 61.3 Å². The average molecular weight is 695 g/mol. The average Bonchev–Trinajstić information content (AvgIpc) is 3.70. The molecule has 49 heavy (non-hydrogen) atoms. The Morgan fingerprint density at radius 2 is 1.84 bits per heavy atom. The van der Waals surface area contributed by atoms with Gasteiger partial charge in [-0.25, -0.2) is 19.4 Å². The van der Waals surface area contributed by atoms with Gasteiger partial charge in [-0.1, -0.05) is 23.5 Å². The molecule has 1 amide bonds. The van der Waals surface area contributed by atoms with Gasteiger partial charge in [-0.2, -0.15) is 23.5 Å². The molecule has 1 atom stereocenters. The number of carboxylic acids is 1. The summed E-state index contributed by atoms with van der Waals surface area (Å²) >= 11 is 1.12. The van der Waals surface area contributed by atoms with Gasteiger partial charge in [0, 0.05) is 30.4 Å². The minimum atomic E-state index is -5.08. The van der Waals surface area contributed by atoms with E-state index in [2.05, 4.69) is 25.9 Å². The van der Waals surface area contributed by atoms with Gasteiger partial charge in [0.1, 0.15) is 33.6 Å². The topological polar surface area (TPSA) is 176 Å². The zero-order valence-electron chi connectivity index (χ0n) is 25.8. The number of hydrogen-bond donors (Lipinski definition) is 4. The Bertz CT molecular complexity index is 1950. The minimum Gasteiger partial charge on any atom is -0.497 e. The van der Waals surface area contributed by atoms with Gasteiger partial charge in [0.25, 0.3) is 5.91 Å². The van der Waals surface area contributed by atoms with Crippen molar-refractivity contribution in [2.24, 2.45) is 0 Å². The van der Waals surface area contributed by atoms with E-state index in [-0.39, 0.29) is 11.9 Å². The van der Waals surface area contributed by atoms with Crippen LogP contribution in [0.25, 0.3) is 11.0 Å². The van der Waals surface area contributed by atoms with Crippen LogP contribution in [-0.2, 0) is 11.3 Å². The lowest BCUT2D eigenvalue weighted by Gasteiger charge is -2.23. The summed E-state index contributed by atoms with van der Waals surface area (Å²) in [7, 11) is 1.65. The molecule has 2 aromatic carbocycles. The summed E-state index contributed by atoms with van der Waals surface area (Å²) in [4.78, 5) is 30.7. The van der Waals surface area contributed by atoms with Crippen molar-refractivity contribution >= 4 is 45.2 Å². The van der Waals surface area contributed by atoms with Gasteiger partial charge in [-0.3, -0.25) is 10.1 Å². The van der Waals surface area contributed by atoms with Crippen LogP contribution in [0.5, 0.6) is 17.2 Å². The fourth-order valence-corrected chi connectivity index (χ4v) is 5.40. The van der Waals surface area contributed by atoms with Crippen LogP contribution >= 0.6 is 11.3 Å². The van der Waals surface area contributed by atoms with Gasteiger partial charge in [0.15, 0.2) is 16.6 Å². The highest BCUT2D eigenvalue weighted by Crippen LogP contribution is 2.35. The van der Waals surface area contributed by atoms with Crippen molar-refractivity contribution < 1.29 is 37.3 Å². The number of thiazole rings is 1. The fraction of sp³-hybridized carbons (Fsp3) is 0.250. The number of ether oxygens (including phenoxy) is 2. The molecule has 0 bridgehead atoms. The summed E-state index contributed by atoms with van der Waals surface area (Å²) in [6, 6.07) is 18.8. The van der Waals surface area contributed by atoms with Gasteiger partial charge < -0.3 is 25.2 Å². The van der Waals surface area contributed by atoms with Crippen LogP contribution in [0.2, 0.25) is 0 Å². The smallest absolute Gasteiger partial charge is 0.490 e. The van der Waals surface area contributed by atoms with E-state index in [4.69, 9.17) is 29.7 Å². The predicted octanol–water partition coefficient (Wildman–Crippen LogP) is 5.66. The lowest BCUT2D eigenvalue weighted by Crippen LogP contribution is -2.38. The Morgan fingerprint density at radius 1 is 1.12 bits per heavy atom. The first kappa shape index (κ1) is 34.6. The Balaban J connectivity index is 0.000000606. The molecule has 4 N–H and O–H groups in total. The molecule has 1 saturated heterocycles. The number of carboxylic acid groups (broad SMARTS) is 1. The van der Waals surface area contributed by atoms with E-state index in [1.807, 2.05) is 41.1 Å². The molecule has 0 radical (unpaired) electrons. The number of anilines is 2. The van der Waals surface area contributed by atoms with Crippen LogP contribution in [0, 0.1) is 11.3 Å². The number of hydrogen-bond acceptors (Lipinski definition) is 11. The molecule has 4 heterocycles. The van der Waals surface area contributed by atoms with Crippen molar-refractivity contribution in [3.8, 4) is 23.3 Å². The van der Waals surface area contributed by atoms with Gasteiger partial charge >= 0.3 is 12.1 Å². The second-order valence-corrected chi connectivity index (χ2v) is 11.6. The molecule has 1 aliphatic heterocycles. The Kier molecular flexibility index (Phi) is 10.9. The van der Waals surface area contributed by atoms with Crippen LogP contribution in [-0.4, -0.2) is 69.1 Å². The van der Waals surface area contributed by atoms with Crippen LogP contribution in [0.1, 0.15) is 33.6 Å². The number of benzene rings is 2. The van der Waals surface area contributed by atoms with Crippen LogP contribution in [0.3, 0.4) is 0 Å². The normalized spacial score (nSPS) is 14.2. The number of carbonyl (C=O) groups excluding carboxylic acids is 1. The summed E-state index contributed by atoms with van der Waals surface area (Å²) < 4.78 is 45.3. The quantitative estimate of drug-likeness (QED) is 0.150. The Labute approximate surface area is 281 Å². The summed E-state index contributed by atoms with van der Waals surface area (Å²) in [5, 5.41) is 32.0. The number of alkyl halides is 3. The van der Waals surface area contributed by atoms with Crippen molar-refractivity contribution in [3.05, 3.63) is 83.0 Å². The number of piperidine rings is 1. The third-order valence-electron chi connectivity index (χ3n) is 7.15. The highest BCUT2D eigenvalue weighted by molar-refractivity contribution is 7.16. The molecular weight excluding hydrogens is 665 g/mol. The predicted molar refractivity (Wildman–Crippen MR) is 174 cm³/mol. The van der Waals surface area contributed by atoms with E-state index >= 15 is 0 Å². The molecule has 17 heteroatoms. The van der Waals surface area contributed by atoms with Crippen molar-refractivity contribution in [1.82, 2.24) is 25.1 Å². The number of nitrogens with zero attached hydrogens (tertiary/aromatic N) is 5. The molecule has 13 nitrogen and oxygen atoms in total. The largest absolute Gasteiger partial charge is 0.497 e. The van der Waals surface area contributed by atoms with Crippen LogP contribution in [0.15, 0.2) is 67.0 Å². The summed E-state index contributed by atoms with van der Waals surface area (Å²) in [5.41, 5.74) is 2.20. The molecule has 0 aliphatic carbocycles. The zero-order chi connectivity index (χ0) is 35.0. The van der Waals surface area contributed by atoms with E-state index in [1.165, 1.54) is 6.20 Å². The highest BCUT2D eigenvalue weighted by atomic mass is 32.1. The number of rotatable bonds is 9. The number of halogens is 3. The van der Waals surface area contributed by atoms with E-state index in [0.29, 0.717) is 45.1 Å². The van der Waals surface area contributed by atoms with Crippen molar-refractivity contribution in [2.45, 2.75) is 31.6 Å². The maximum absolute atomic E-state index is 12.7. The van der Waals surface area contributed by atoms with Crippen LogP contribution in [0.4, 0.5) is 24.1 Å². The van der Waals surface area contributed by atoms with E-state index in [9.17, 15) is 18.0 Å². The number of fused-ring (bicyclic) bond motifs is 1. The number of nitrogens with one attached hydrogen (secondary N) is 3. The number of aromatic nitrogens is 4. The first-order valence-corrected chi connectivity index (χ1v) is 15.6. The maximum Gasteiger partial charge on any atom is 0.490 e. The second kappa shape index (κ2) is 15.4. The number of carbonyl (C=O) groups is 2. The summed E-state index contributed by atoms with van der Waals surface area (Å²) in [6.45, 7) is 2.39. The number of pyridine rings is 1. The third kappa shape index (κ3) is 9.00.